The van der Waals surface area contributed by atoms with Crippen LogP contribution in [0.3, 0.4) is 0 Å². The van der Waals surface area contributed by atoms with Crippen molar-refractivity contribution in [2.75, 3.05) is 13.2 Å². The fraction of sp³-hybridized carbons (Fsp3) is 0.308. The van der Waals surface area contributed by atoms with Gasteiger partial charge in [0, 0.05) is 11.1 Å². The van der Waals surface area contributed by atoms with Gasteiger partial charge in [0.05, 0.1) is 29.8 Å². The maximum Gasteiger partial charge on any atom is 0.339 e. The van der Waals surface area contributed by atoms with Crippen LogP contribution in [0.1, 0.15) is 49.7 Å². The van der Waals surface area contributed by atoms with Crippen molar-refractivity contribution in [3.63, 3.8) is 0 Å². The molecule has 3 rings (SSSR count). The molecule has 35 heavy (non-hydrogen) atoms. The van der Waals surface area contributed by atoms with E-state index >= 15 is 0 Å². The lowest BCUT2D eigenvalue weighted by Gasteiger charge is -2.28. The van der Waals surface area contributed by atoms with Crippen LogP contribution in [0.2, 0.25) is 5.02 Å². The number of ether oxygens (including phenoxy) is 1. The molecule has 0 radical (unpaired) electrons. The predicted molar refractivity (Wildman–Crippen MR) is 129 cm³/mol. The number of furan rings is 1. The lowest BCUT2D eigenvalue weighted by molar-refractivity contribution is -0.141. The second kappa shape index (κ2) is 11.2. The second-order valence-corrected chi connectivity index (χ2v) is 8.53. The molecule has 2 aromatic rings. The van der Waals surface area contributed by atoms with Gasteiger partial charge >= 0.3 is 5.97 Å². The number of hydrogen-bond donors (Lipinski definition) is 1. The summed E-state index contributed by atoms with van der Waals surface area (Å²) in [5, 5.41) is 19.4. The minimum Gasteiger partial charge on any atom is -0.462 e. The lowest BCUT2D eigenvalue weighted by atomic mass is 9.94. The number of nitrogens with zero attached hydrogens (tertiary/aromatic N) is 2. The van der Waals surface area contributed by atoms with E-state index in [0.717, 1.165) is 17.7 Å². The Morgan fingerprint density at radius 3 is 2.69 bits per heavy atom. The number of aliphatic hydroxyl groups excluding tert-OH is 1. The van der Waals surface area contributed by atoms with Gasteiger partial charge in [-0.05, 0) is 62.2 Å². The Morgan fingerprint density at radius 1 is 1.29 bits per heavy atom. The predicted octanol–water partition coefficient (Wildman–Crippen LogP) is 4.53. The first-order valence-electron chi connectivity index (χ1n) is 11.1. The molecule has 0 fully saturated rings. The summed E-state index contributed by atoms with van der Waals surface area (Å²) in [6.07, 6.45) is 2.13. The summed E-state index contributed by atoms with van der Waals surface area (Å²) < 4.78 is 11.1. The number of β-amino-alcohol motifs (C(OH)–C–C–N with tert-alkyl or cyclic N) is 1. The molecule has 0 saturated heterocycles. The van der Waals surface area contributed by atoms with E-state index in [4.69, 9.17) is 20.8 Å². The number of halogens is 1. The molecule has 1 atom stereocenters. The third-order valence-corrected chi connectivity index (χ3v) is 5.72. The van der Waals surface area contributed by atoms with Crippen LogP contribution in [0.15, 0.2) is 51.5 Å². The number of hydrogen-bond acceptors (Lipinski definition) is 7. The Bertz CT molecular complexity index is 1260. The molecule has 0 aliphatic carbocycles. The highest BCUT2D eigenvalue weighted by Gasteiger charge is 2.36. The van der Waals surface area contributed by atoms with Gasteiger partial charge in [-0.1, -0.05) is 24.9 Å². The number of nitriles is 1. The molecular weight excluding hydrogens is 472 g/mol. The number of unbranched alkanes of at least 4 members (excludes halogenated alkanes) is 1. The topological polar surface area (TPSA) is 121 Å². The van der Waals surface area contributed by atoms with Crippen molar-refractivity contribution in [1.82, 2.24) is 4.90 Å². The van der Waals surface area contributed by atoms with E-state index in [0.29, 0.717) is 23.7 Å². The van der Waals surface area contributed by atoms with Crippen LogP contribution in [0.25, 0.3) is 17.4 Å². The maximum absolute atomic E-state index is 13.0. The van der Waals surface area contributed by atoms with Crippen LogP contribution >= 0.6 is 11.6 Å². The minimum atomic E-state index is -0.953. The van der Waals surface area contributed by atoms with Gasteiger partial charge in [-0.15, -0.1) is 0 Å². The van der Waals surface area contributed by atoms with Gasteiger partial charge in [-0.3, -0.25) is 14.5 Å². The van der Waals surface area contributed by atoms with Crippen molar-refractivity contribution in [2.24, 2.45) is 0 Å². The average molecular weight is 497 g/mol. The molecule has 0 saturated carbocycles. The fourth-order valence-electron chi connectivity index (χ4n) is 3.51. The molecule has 0 bridgehead atoms. The highest BCUT2D eigenvalue weighted by atomic mass is 35.5. The number of aliphatic hydroxyl groups is 1. The Balaban J connectivity index is 1.94. The summed E-state index contributed by atoms with van der Waals surface area (Å²) >= 11 is 6.19. The van der Waals surface area contributed by atoms with Gasteiger partial charge in [0.1, 0.15) is 23.2 Å². The summed E-state index contributed by atoms with van der Waals surface area (Å²) in [6, 6.07) is 9.96. The summed E-state index contributed by atoms with van der Waals surface area (Å²) in [6.45, 7) is 5.01. The van der Waals surface area contributed by atoms with Gasteiger partial charge in [0.15, 0.2) is 0 Å². The summed E-state index contributed by atoms with van der Waals surface area (Å²) in [7, 11) is 0. The first kappa shape index (κ1) is 25.9. The third-order valence-electron chi connectivity index (χ3n) is 5.39. The Labute approximate surface area is 208 Å². The maximum atomic E-state index is 13.0. The lowest BCUT2D eigenvalue weighted by Crippen LogP contribution is -2.45. The molecular formula is C26H25ClN2O6. The van der Waals surface area contributed by atoms with Crippen LogP contribution in [0.5, 0.6) is 0 Å². The number of amides is 2. The van der Waals surface area contributed by atoms with Crippen molar-refractivity contribution in [1.29, 1.82) is 5.26 Å². The first-order valence-corrected chi connectivity index (χ1v) is 11.5. The Morgan fingerprint density at radius 2 is 2.03 bits per heavy atom. The summed E-state index contributed by atoms with van der Waals surface area (Å²) in [4.78, 5) is 38.7. The molecule has 1 aromatic carbocycles. The van der Waals surface area contributed by atoms with Crippen molar-refractivity contribution < 1.29 is 28.6 Å². The van der Waals surface area contributed by atoms with Gasteiger partial charge in [0.25, 0.3) is 11.8 Å². The minimum absolute atomic E-state index is 0.110. The van der Waals surface area contributed by atoms with Crippen LogP contribution in [0, 0.1) is 11.3 Å². The third kappa shape index (κ3) is 5.70. The van der Waals surface area contributed by atoms with E-state index in [2.05, 4.69) is 0 Å². The molecule has 2 heterocycles. The van der Waals surface area contributed by atoms with Crippen molar-refractivity contribution in [3.05, 3.63) is 63.4 Å². The summed E-state index contributed by atoms with van der Waals surface area (Å²) in [5.41, 5.74) is 0.952. The van der Waals surface area contributed by atoms with Gasteiger partial charge in [0.2, 0.25) is 0 Å². The molecule has 182 valence electrons. The molecule has 2 amide bonds. The Kier molecular flexibility index (Phi) is 8.28. The zero-order valence-electron chi connectivity index (χ0n) is 19.6. The standard InChI is InChI=1S/C26H25ClN2O6/c1-4-5-10-34-26(33)20-11-17(6-8-22(20)27)23-9-7-18(35-23)12-19-16(3)21(13-28)25(32)29(24(19)31)14-15(2)30/h6-9,11-12,15,30H,4-5,10,14H2,1-3H3/b19-12+. The van der Waals surface area contributed by atoms with Crippen LogP contribution in [-0.4, -0.2) is 47.0 Å². The highest BCUT2D eigenvalue weighted by molar-refractivity contribution is 6.33. The number of benzene rings is 1. The SMILES string of the molecule is CCCCOC(=O)c1cc(-c2ccc(/C=C3/C(=O)N(CC(C)O)C(=O)C(C#N)=C3C)o2)ccc1Cl. The smallest absolute Gasteiger partial charge is 0.339 e. The fourth-order valence-corrected chi connectivity index (χ4v) is 3.70. The average Bonchev–Trinajstić information content (AvgIpc) is 3.29. The quantitative estimate of drug-likeness (QED) is 0.246. The normalized spacial score (nSPS) is 16.0. The number of imide groups is 1. The van der Waals surface area contributed by atoms with Crippen LogP contribution in [-0.2, 0) is 14.3 Å². The van der Waals surface area contributed by atoms with E-state index in [1.54, 1.807) is 30.3 Å². The molecule has 1 aliphatic rings. The molecule has 1 aromatic heterocycles. The van der Waals surface area contributed by atoms with Crippen LogP contribution in [0.4, 0.5) is 0 Å². The van der Waals surface area contributed by atoms with Gasteiger partial charge in [-0.25, -0.2) is 4.79 Å². The summed E-state index contributed by atoms with van der Waals surface area (Å²) in [5.74, 6) is -1.19. The number of rotatable bonds is 8. The number of carbonyl (C=O) groups is 3. The molecule has 1 aliphatic heterocycles. The highest BCUT2D eigenvalue weighted by Crippen LogP contribution is 2.31. The van der Waals surface area contributed by atoms with Gasteiger partial charge in [-0.2, -0.15) is 5.26 Å². The second-order valence-electron chi connectivity index (χ2n) is 8.13. The molecule has 8 nitrogen and oxygen atoms in total. The van der Waals surface area contributed by atoms with Crippen LogP contribution < -0.4 is 0 Å². The molecule has 1 N–H and O–H groups in total. The molecule has 0 spiro atoms. The van der Waals surface area contributed by atoms with E-state index in [1.807, 2.05) is 13.0 Å². The van der Waals surface area contributed by atoms with E-state index in [1.165, 1.54) is 19.9 Å². The first-order chi connectivity index (χ1) is 16.7. The van der Waals surface area contributed by atoms with Crippen molar-refractivity contribution in [2.45, 2.75) is 39.7 Å². The van der Waals surface area contributed by atoms with E-state index < -0.39 is 23.9 Å². The molecule has 1 unspecified atom stereocenters. The number of esters is 1. The Hall–Kier alpha value is -3.67. The largest absolute Gasteiger partial charge is 0.462 e. The van der Waals surface area contributed by atoms with Crippen molar-refractivity contribution in [3.8, 4) is 17.4 Å². The monoisotopic (exact) mass is 496 g/mol. The van der Waals surface area contributed by atoms with Gasteiger partial charge < -0.3 is 14.3 Å². The van der Waals surface area contributed by atoms with Crippen molar-refractivity contribution >= 4 is 35.5 Å². The van der Waals surface area contributed by atoms with E-state index in [-0.39, 0.29) is 33.9 Å². The zero-order chi connectivity index (χ0) is 25.7. The zero-order valence-corrected chi connectivity index (χ0v) is 20.4. The van der Waals surface area contributed by atoms with E-state index in [9.17, 15) is 24.8 Å². The molecule has 9 heteroatoms. The number of carbonyl (C=O) groups excluding carboxylic acids is 3.